The monoisotopic (exact) mass is 404 g/mol. The molecule has 0 spiro atoms. The summed E-state index contributed by atoms with van der Waals surface area (Å²) in [5.74, 6) is 0.970. The van der Waals surface area contributed by atoms with Crippen molar-refractivity contribution in [3.63, 3.8) is 0 Å². The van der Waals surface area contributed by atoms with Gasteiger partial charge in [0.1, 0.15) is 11.5 Å². The van der Waals surface area contributed by atoms with Gasteiger partial charge in [-0.1, -0.05) is 54.6 Å². The molecule has 30 heavy (non-hydrogen) atoms. The number of hydrogen-bond acceptors (Lipinski definition) is 4. The summed E-state index contributed by atoms with van der Waals surface area (Å²) in [5, 5.41) is 0. The van der Waals surface area contributed by atoms with E-state index in [-0.39, 0.29) is 5.97 Å². The third kappa shape index (κ3) is 5.86. The molecule has 0 atom stereocenters. The van der Waals surface area contributed by atoms with Gasteiger partial charge < -0.3 is 14.2 Å². The van der Waals surface area contributed by atoms with Crippen LogP contribution >= 0.6 is 0 Å². The van der Waals surface area contributed by atoms with Gasteiger partial charge in [0.25, 0.3) is 0 Å². The van der Waals surface area contributed by atoms with Crippen LogP contribution in [0.2, 0.25) is 0 Å². The molecule has 0 heterocycles. The molecule has 0 aromatic heterocycles. The predicted molar refractivity (Wildman–Crippen MR) is 119 cm³/mol. The molecule has 4 nitrogen and oxygen atoms in total. The molecule has 0 N–H and O–H groups in total. The average Bonchev–Trinajstić information content (AvgIpc) is 2.76. The fraction of sp³-hybridized carbons (Fsp3) is 0.269. The van der Waals surface area contributed by atoms with Gasteiger partial charge in [-0.2, -0.15) is 0 Å². The maximum Gasteiger partial charge on any atom is 0.349 e. The minimum atomic E-state index is -1.04. The Hall–Kier alpha value is -3.27. The maximum atomic E-state index is 11.9. The largest absolute Gasteiger partial charge is 0.493 e. The minimum Gasteiger partial charge on any atom is -0.493 e. The number of rotatable bonds is 9. The van der Waals surface area contributed by atoms with E-state index in [1.54, 1.807) is 32.9 Å². The van der Waals surface area contributed by atoms with Crippen LogP contribution in [0, 0.1) is 0 Å². The standard InChI is InChI=1S/C26H28O4/c1-4-28-25(27)26(2,3)30-24-16-14-23(15-17-24)29-19-18-20-10-12-22(13-11-20)21-8-6-5-7-9-21/h5-17H,4,18-19H2,1-3H3. The molecule has 0 bridgehead atoms. The first-order valence-corrected chi connectivity index (χ1v) is 10.2. The third-order valence-electron chi connectivity index (χ3n) is 4.68. The van der Waals surface area contributed by atoms with Crippen LogP contribution in [0.25, 0.3) is 11.1 Å². The van der Waals surface area contributed by atoms with E-state index in [9.17, 15) is 4.79 Å². The molecule has 0 aliphatic carbocycles. The lowest BCUT2D eigenvalue weighted by atomic mass is 10.0. The highest BCUT2D eigenvalue weighted by Crippen LogP contribution is 2.23. The lowest BCUT2D eigenvalue weighted by molar-refractivity contribution is -0.158. The summed E-state index contributed by atoms with van der Waals surface area (Å²) in [7, 11) is 0. The molecule has 0 amide bonds. The van der Waals surface area contributed by atoms with E-state index in [1.165, 1.54) is 16.7 Å². The Morgan fingerprint density at radius 1 is 0.800 bits per heavy atom. The van der Waals surface area contributed by atoms with E-state index in [4.69, 9.17) is 14.2 Å². The van der Waals surface area contributed by atoms with Crippen molar-refractivity contribution in [3.05, 3.63) is 84.4 Å². The normalized spacial score (nSPS) is 11.0. The highest BCUT2D eigenvalue weighted by atomic mass is 16.6. The van der Waals surface area contributed by atoms with Crippen molar-refractivity contribution in [2.24, 2.45) is 0 Å². The summed E-state index contributed by atoms with van der Waals surface area (Å²) in [5.41, 5.74) is 2.62. The minimum absolute atomic E-state index is 0.327. The number of carbonyl (C=O) groups excluding carboxylic acids is 1. The number of benzene rings is 3. The van der Waals surface area contributed by atoms with Gasteiger partial charge in [0.15, 0.2) is 5.60 Å². The zero-order valence-corrected chi connectivity index (χ0v) is 17.8. The van der Waals surface area contributed by atoms with Crippen molar-refractivity contribution in [3.8, 4) is 22.6 Å². The van der Waals surface area contributed by atoms with Crippen molar-refractivity contribution in [1.29, 1.82) is 0 Å². The van der Waals surface area contributed by atoms with Crippen molar-refractivity contribution in [2.45, 2.75) is 32.8 Å². The van der Waals surface area contributed by atoms with Gasteiger partial charge in [0.05, 0.1) is 13.2 Å². The third-order valence-corrected chi connectivity index (χ3v) is 4.68. The van der Waals surface area contributed by atoms with E-state index in [1.807, 2.05) is 30.3 Å². The number of ether oxygens (including phenoxy) is 3. The van der Waals surface area contributed by atoms with E-state index in [0.717, 1.165) is 12.2 Å². The van der Waals surface area contributed by atoms with Gasteiger partial charge >= 0.3 is 5.97 Å². The molecule has 0 aliphatic rings. The first-order valence-electron chi connectivity index (χ1n) is 10.2. The zero-order chi connectivity index (χ0) is 21.4. The van der Waals surface area contributed by atoms with E-state index in [2.05, 4.69) is 36.4 Å². The summed E-state index contributed by atoms with van der Waals surface area (Å²) < 4.78 is 16.7. The SMILES string of the molecule is CCOC(=O)C(C)(C)Oc1ccc(OCCc2ccc(-c3ccccc3)cc2)cc1. The molecule has 156 valence electrons. The Morgan fingerprint density at radius 2 is 1.40 bits per heavy atom. The summed E-state index contributed by atoms with van der Waals surface area (Å²) in [6.45, 7) is 6.07. The van der Waals surface area contributed by atoms with Crippen LogP contribution in [-0.2, 0) is 16.0 Å². The number of hydrogen-bond donors (Lipinski definition) is 0. The summed E-state index contributed by atoms with van der Waals surface area (Å²) in [6.07, 6.45) is 0.823. The van der Waals surface area contributed by atoms with Crippen molar-refractivity contribution in [1.82, 2.24) is 0 Å². The quantitative estimate of drug-likeness (QED) is 0.430. The second-order valence-corrected chi connectivity index (χ2v) is 7.47. The first kappa shape index (κ1) is 21.4. The van der Waals surface area contributed by atoms with Gasteiger partial charge in [-0.15, -0.1) is 0 Å². The highest BCUT2D eigenvalue weighted by molar-refractivity contribution is 5.79. The van der Waals surface area contributed by atoms with E-state index < -0.39 is 5.60 Å². The predicted octanol–water partition coefficient (Wildman–Crippen LogP) is 5.70. The average molecular weight is 405 g/mol. The fourth-order valence-corrected chi connectivity index (χ4v) is 3.03. The first-order chi connectivity index (χ1) is 14.5. The lowest BCUT2D eigenvalue weighted by Gasteiger charge is -2.24. The molecular formula is C26H28O4. The Labute approximate surface area is 178 Å². The van der Waals surface area contributed by atoms with Crippen LogP contribution in [0.5, 0.6) is 11.5 Å². The van der Waals surface area contributed by atoms with Crippen LogP contribution in [0.3, 0.4) is 0 Å². The Kier molecular flexibility index (Phi) is 7.12. The van der Waals surface area contributed by atoms with E-state index in [0.29, 0.717) is 19.0 Å². The fourth-order valence-electron chi connectivity index (χ4n) is 3.03. The second kappa shape index (κ2) is 9.97. The van der Waals surface area contributed by atoms with Gasteiger partial charge in [0.2, 0.25) is 0 Å². The second-order valence-electron chi connectivity index (χ2n) is 7.47. The van der Waals surface area contributed by atoms with Crippen LogP contribution < -0.4 is 9.47 Å². The Morgan fingerprint density at radius 3 is 2.03 bits per heavy atom. The molecule has 3 aromatic rings. The zero-order valence-electron chi connectivity index (χ0n) is 17.8. The van der Waals surface area contributed by atoms with Crippen LogP contribution in [0.4, 0.5) is 0 Å². The Bertz CT molecular complexity index is 929. The lowest BCUT2D eigenvalue weighted by Crippen LogP contribution is -2.39. The number of esters is 1. The highest BCUT2D eigenvalue weighted by Gasteiger charge is 2.31. The van der Waals surface area contributed by atoms with Crippen LogP contribution in [0.1, 0.15) is 26.3 Å². The molecule has 0 aliphatic heterocycles. The topological polar surface area (TPSA) is 44.8 Å². The van der Waals surface area contributed by atoms with Gasteiger partial charge in [-0.3, -0.25) is 0 Å². The van der Waals surface area contributed by atoms with Crippen molar-refractivity contribution in [2.75, 3.05) is 13.2 Å². The molecular weight excluding hydrogens is 376 g/mol. The molecule has 0 saturated carbocycles. The van der Waals surface area contributed by atoms with Crippen molar-refractivity contribution >= 4 is 5.97 Å². The Balaban J connectivity index is 1.49. The molecule has 0 radical (unpaired) electrons. The van der Waals surface area contributed by atoms with Gasteiger partial charge in [-0.25, -0.2) is 4.79 Å². The van der Waals surface area contributed by atoms with Gasteiger partial charge in [0, 0.05) is 6.42 Å². The molecule has 3 aromatic carbocycles. The maximum absolute atomic E-state index is 11.9. The molecule has 4 heteroatoms. The van der Waals surface area contributed by atoms with Crippen LogP contribution in [0.15, 0.2) is 78.9 Å². The summed E-state index contributed by atoms with van der Waals surface area (Å²) >= 11 is 0. The van der Waals surface area contributed by atoms with E-state index >= 15 is 0 Å². The smallest absolute Gasteiger partial charge is 0.349 e. The number of carbonyl (C=O) groups is 1. The van der Waals surface area contributed by atoms with Crippen molar-refractivity contribution < 1.29 is 19.0 Å². The summed E-state index contributed by atoms with van der Waals surface area (Å²) in [4.78, 5) is 11.9. The molecule has 3 rings (SSSR count). The van der Waals surface area contributed by atoms with Gasteiger partial charge in [-0.05, 0) is 61.7 Å². The summed E-state index contributed by atoms with van der Waals surface area (Å²) in [6, 6.07) is 26.2. The molecule has 0 saturated heterocycles. The van der Waals surface area contributed by atoms with Crippen LogP contribution in [-0.4, -0.2) is 24.8 Å². The molecule has 0 unspecified atom stereocenters. The molecule has 0 fully saturated rings.